The van der Waals surface area contributed by atoms with Gasteiger partial charge in [-0.3, -0.25) is 11.3 Å². The lowest BCUT2D eigenvalue weighted by atomic mass is 9.81. The average Bonchev–Trinajstić information content (AvgIpc) is 2.33. The monoisotopic (exact) mass is 214 g/mol. The minimum Gasteiger partial charge on any atom is -0.381 e. The number of ether oxygens (including phenoxy) is 2. The van der Waals surface area contributed by atoms with Crippen LogP contribution in [0.3, 0.4) is 0 Å². The van der Waals surface area contributed by atoms with Gasteiger partial charge in [0, 0.05) is 25.9 Å². The van der Waals surface area contributed by atoms with E-state index >= 15 is 0 Å². The summed E-state index contributed by atoms with van der Waals surface area (Å²) in [5.74, 6) is 6.94. The third-order valence-electron chi connectivity index (χ3n) is 3.67. The van der Waals surface area contributed by atoms with E-state index in [-0.39, 0.29) is 0 Å². The SMILES string of the molecule is NNC(C1CCOCC1)C1CCCOC1. The number of nitrogens with two attached hydrogens (primary N) is 1. The Morgan fingerprint density at radius 3 is 2.40 bits per heavy atom. The topological polar surface area (TPSA) is 56.5 Å². The molecule has 2 heterocycles. The maximum atomic E-state index is 5.69. The van der Waals surface area contributed by atoms with E-state index in [0.717, 1.165) is 39.3 Å². The molecule has 4 nitrogen and oxygen atoms in total. The maximum absolute atomic E-state index is 5.69. The van der Waals surface area contributed by atoms with Crippen molar-refractivity contribution >= 4 is 0 Å². The maximum Gasteiger partial charge on any atom is 0.0509 e. The molecule has 2 unspecified atom stereocenters. The molecule has 0 aromatic rings. The summed E-state index contributed by atoms with van der Waals surface area (Å²) in [5, 5.41) is 0. The Morgan fingerprint density at radius 1 is 1.00 bits per heavy atom. The van der Waals surface area contributed by atoms with Crippen LogP contribution in [0.1, 0.15) is 25.7 Å². The van der Waals surface area contributed by atoms with Crippen LogP contribution in [0.25, 0.3) is 0 Å². The Balaban J connectivity index is 1.88. The van der Waals surface area contributed by atoms with Gasteiger partial charge in [-0.2, -0.15) is 0 Å². The van der Waals surface area contributed by atoms with Gasteiger partial charge in [0.2, 0.25) is 0 Å². The molecule has 2 atom stereocenters. The van der Waals surface area contributed by atoms with Gasteiger partial charge in [0.1, 0.15) is 0 Å². The van der Waals surface area contributed by atoms with Crippen molar-refractivity contribution in [1.29, 1.82) is 0 Å². The van der Waals surface area contributed by atoms with Gasteiger partial charge >= 0.3 is 0 Å². The normalized spacial score (nSPS) is 31.4. The first-order chi connectivity index (χ1) is 7.42. The molecule has 3 N–H and O–H groups in total. The molecular formula is C11H22N2O2. The molecule has 88 valence electrons. The van der Waals surface area contributed by atoms with Crippen molar-refractivity contribution in [3.8, 4) is 0 Å². The molecule has 15 heavy (non-hydrogen) atoms. The number of rotatable bonds is 3. The third-order valence-corrected chi connectivity index (χ3v) is 3.67. The van der Waals surface area contributed by atoms with Gasteiger partial charge in [-0.1, -0.05) is 0 Å². The van der Waals surface area contributed by atoms with E-state index < -0.39 is 0 Å². The van der Waals surface area contributed by atoms with Crippen LogP contribution in [0.5, 0.6) is 0 Å². The van der Waals surface area contributed by atoms with Gasteiger partial charge in [0.25, 0.3) is 0 Å². The van der Waals surface area contributed by atoms with Gasteiger partial charge in [-0.25, -0.2) is 0 Å². The highest BCUT2D eigenvalue weighted by Crippen LogP contribution is 2.27. The van der Waals surface area contributed by atoms with Crippen molar-refractivity contribution in [2.45, 2.75) is 31.7 Å². The number of hydrazine groups is 1. The summed E-state index contributed by atoms with van der Waals surface area (Å²) in [6.07, 6.45) is 4.68. The van der Waals surface area contributed by atoms with E-state index in [1.165, 1.54) is 12.8 Å². The number of hydrogen-bond acceptors (Lipinski definition) is 4. The Morgan fingerprint density at radius 2 is 1.80 bits per heavy atom. The molecule has 0 bridgehead atoms. The van der Waals surface area contributed by atoms with Gasteiger partial charge in [0.05, 0.1) is 6.61 Å². The van der Waals surface area contributed by atoms with Gasteiger partial charge in [0.15, 0.2) is 0 Å². The molecule has 2 saturated heterocycles. The summed E-state index contributed by atoms with van der Waals surface area (Å²) in [6, 6.07) is 0.411. The Labute approximate surface area is 91.5 Å². The van der Waals surface area contributed by atoms with E-state index in [4.69, 9.17) is 15.3 Å². The Bertz CT molecular complexity index is 159. The lowest BCUT2D eigenvalue weighted by Gasteiger charge is -2.37. The van der Waals surface area contributed by atoms with E-state index in [1.54, 1.807) is 0 Å². The van der Waals surface area contributed by atoms with Crippen LogP contribution in [0.15, 0.2) is 0 Å². The second-order valence-electron chi connectivity index (χ2n) is 4.62. The zero-order valence-corrected chi connectivity index (χ0v) is 9.28. The van der Waals surface area contributed by atoms with Gasteiger partial charge in [-0.05, 0) is 37.5 Å². The minimum atomic E-state index is 0.411. The Kier molecular flexibility index (Phi) is 4.38. The standard InChI is InChI=1S/C11H22N2O2/c12-13-11(9-3-6-14-7-4-9)10-2-1-5-15-8-10/h9-11,13H,1-8,12H2. The summed E-state index contributed by atoms with van der Waals surface area (Å²) in [4.78, 5) is 0. The van der Waals surface area contributed by atoms with E-state index in [9.17, 15) is 0 Å². The molecule has 4 heteroatoms. The third kappa shape index (κ3) is 2.91. The van der Waals surface area contributed by atoms with Crippen molar-refractivity contribution in [3.63, 3.8) is 0 Å². The van der Waals surface area contributed by atoms with Crippen LogP contribution in [0.4, 0.5) is 0 Å². The fraction of sp³-hybridized carbons (Fsp3) is 1.00. The van der Waals surface area contributed by atoms with Gasteiger partial charge in [-0.15, -0.1) is 0 Å². The molecule has 0 aromatic carbocycles. The molecule has 0 aromatic heterocycles. The lowest BCUT2D eigenvalue weighted by molar-refractivity contribution is 0.00212. The zero-order chi connectivity index (χ0) is 10.5. The van der Waals surface area contributed by atoms with E-state index in [1.807, 2.05) is 0 Å². The molecule has 0 aliphatic carbocycles. The predicted octanol–water partition coefficient (Wildman–Crippen LogP) is 0.671. The van der Waals surface area contributed by atoms with Crippen molar-refractivity contribution in [1.82, 2.24) is 5.43 Å². The van der Waals surface area contributed by atoms with Crippen LogP contribution in [-0.2, 0) is 9.47 Å². The zero-order valence-electron chi connectivity index (χ0n) is 9.28. The molecule has 2 aliphatic heterocycles. The van der Waals surface area contributed by atoms with Crippen LogP contribution in [-0.4, -0.2) is 32.5 Å². The second kappa shape index (κ2) is 5.80. The van der Waals surface area contributed by atoms with Crippen molar-refractivity contribution in [2.75, 3.05) is 26.4 Å². The minimum absolute atomic E-state index is 0.411. The van der Waals surface area contributed by atoms with Crippen LogP contribution >= 0.6 is 0 Å². The summed E-state index contributed by atoms with van der Waals surface area (Å²) in [6.45, 7) is 3.56. The lowest BCUT2D eigenvalue weighted by Crippen LogP contribution is -2.49. The first-order valence-corrected chi connectivity index (χ1v) is 6.03. The summed E-state index contributed by atoms with van der Waals surface area (Å²) in [7, 11) is 0. The highest BCUT2D eigenvalue weighted by atomic mass is 16.5. The molecule has 0 amide bonds. The average molecular weight is 214 g/mol. The van der Waals surface area contributed by atoms with Crippen LogP contribution < -0.4 is 11.3 Å². The van der Waals surface area contributed by atoms with Crippen LogP contribution in [0.2, 0.25) is 0 Å². The molecule has 0 spiro atoms. The smallest absolute Gasteiger partial charge is 0.0509 e. The highest BCUT2D eigenvalue weighted by Gasteiger charge is 2.31. The summed E-state index contributed by atoms with van der Waals surface area (Å²) < 4.78 is 10.9. The molecule has 2 rings (SSSR count). The first kappa shape index (κ1) is 11.3. The summed E-state index contributed by atoms with van der Waals surface area (Å²) >= 11 is 0. The summed E-state index contributed by atoms with van der Waals surface area (Å²) in [5.41, 5.74) is 3.01. The number of nitrogens with one attached hydrogen (secondary N) is 1. The largest absolute Gasteiger partial charge is 0.381 e. The quantitative estimate of drug-likeness (QED) is 0.535. The van der Waals surface area contributed by atoms with E-state index in [0.29, 0.717) is 17.9 Å². The molecule has 2 fully saturated rings. The highest BCUT2D eigenvalue weighted by molar-refractivity contribution is 4.84. The fourth-order valence-electron chi connectivity index (χ4n) is 2.78. The van der Waals surface area contributed by atoms with Crippen LogP contribution in [0, 0.1) is 11.8 Å². The van der Waals surface area contributed by atoms with E-state index in [2.05, 4.69) is 5.43 Å². The molecule has 0 radical (unpaired) electrons. The number of hydrogen-bond donors (Lipinski definition) is 2. The fourth-order valence-corrected chi connectivity index (χ4v) is 2.78. The second-order valence-corrected chi connectivity index (χ2v) is 4.62. The van der Waals surface area contributed by atoms with Gasteiger partial charge < -0.3 is 9.47 Å². The molecular weight excluding hydrogens is 192 g/mol. The van der Waals surface area contributed by atoms with Crippen molar-refractivity contribution < 1.29 is 9.47 Å². The predicted molar refractivity (Wildman–Crippen MR) is 58.2 cm³/mol. The molecule has 2 aliphatic rings. The van der Waals surface area contributed by atoms with Crippen molar-refractivity contribution in [3.05, 3.63) is 0 Å². The molecule has 0 saturated carbocycles. The first-order valence-electron chi connectivity index (χ1n) is 6.03. The van der Waals surface area contributed by atoms with Crippen molar-refractivity contribution in [2.24, 2.45) is 17.7 Å². The Hall–Kier alpha value is -0.160.